The third kappa shape index (κ3) is 6.55. The number of hydrogen-bond acceptors (Lipinski definition) is 7. The van der Waals surface area contributed by atoms with Crippen molar-refractivity contribution in [3.8, 4) is 5.75 Å². The molecule has 4 rings (SSSR count). The molecule has 0 bridgehead atoms. The number of hydrogen-bond donors (Lipinski definition) is 3. The Morgan fingerprint density at radius 2 is 1.97 bits per heavy atom. The minimum Gasteiger partial charge on any atom is -0.439 e. The van der Waals surface area contributed by atoms with E-state index in [9.17, 15) is 18.0 Å². The summed E-state index contributed by atoms with van der Waals surface area (Å²) in [7, 11) is 3.46. The van der Waals surface area contributed by atoms with E-state index in [4.69, 9.17) is 4.74 Å². The van der Waals surface area contributed by atoms with E-state index in [0.717, 1.165) is 41.6 Å². The van der Waals surface area contributed by atoms with Gasteiger partial charge < -0.3 is 20.7 Å². The zero-order valence-corrected chi connectivity index (χ0v) is 18.6. The lowest BCUT2D eigenvalue weighted by Gasteiger charge is -2.15. The predicted octanol–water partition coefficient (Wildman–Crippen LogP) is 4.24. The molecule has 0 amide bonds. The lowest BCUT2D eigenvalue weighted by atomic mass is 10.1. The third-order valence-corrected chi connectivity index (χ3v) is 4.78. The molecular formula is C24H24F3N5O2. The van der Waals surface area contributed by atoms with Crippen LogP contribution < -0.4 is 20.7 Å². The molecule has 0 saturated heterocycles. The topological polar surface area (TPSA) is 87.6 Å². The molecule has 34 heavy (non-hydrogen) atoms. The second-order valence-electron chi connectivity index (χ2n) is 7.16. The molecule has 2 aromatic carbocycles. The molecule has 3 N–H and O–H groups in total. The number of anilines is 1. The number of pyridine rings is 1. The second kappa shape index (κ2) is 11.3. The number of nitrogens with zero attached hydrogens (tertiary/aromatic N) is 2. The van der Waals surface area contributed by atoms with Crippen LogP contribution in [0, 0.1) is 0 Å². The monoisotopic (exact) mass is 471 g/mol. The fourth-order valence-corrected chi connectivity index (χ4v) is 3.12. The van der Waals surface area contributed by atoms with Crippen molar-refractivity contribution in [2.24, 2.45) is 4.99 Å². The van der Waals surface area contributed by atoms with Gasteiger partial charge in [0, 0.05) is 54.3 Å². The number of carbonyl (C=O) groups excluding carboxylic acids is 1. The number of aromatic nitrogens is 1. The molecule has 3 aromatic rings. The zero-order valence-electron chi connectivity index (χ0n) is 18.6. The minimum atomic E-state index is -4.26. The van der Waals surface area contributed by atoms with E-state index in [1.165, 1.54) is 6.07 Å². The molecule has 0 aliphatic carbocycles. The molecule has 0 spiro atoms. The van der Waals surface area contributed by atoms with E-state index < -0.39 is 11.7 Å². The van der Waals surface area contributed by atoms with Crippen LogP contribution in [0.4, 0.5) is 18.9 Å². The Hall–Kier alpha value is -3.92. The van der Waals surface area contributed by atoms with Gasteiger partial charge >= 0.3 is 6.18 Å². The van der Waals surface area contributed by atoms with Crippen molar-refractivity contribution in [2.45, 2.75) is 6.18 Å². The summed E-state index contributed by atoms with van der Waals surface area (Å²) < 4.78 is 42.0. The Morgan fingerprint density at radius 1 is 1.15 bits per heavy atom. The van der Waals surface area contributed by atoms with E-state index in [-0.39, 0.29) is 0 Å². The summed E-state index contributed by atoms with van der Waals surface area (Å²) in [6.07, 6.45) is 0.0450. The highest BCUT2D eigenvalue weighted by molar-refractivity contribution is 5.97. The number of aliphatic imine (C=N–C) groups is 1. The van der Waals surface area contributed by atoms with Gasteiger partial charge in [0.2, 0.25) is 5.90 Å². The minimum absolute atomic E-state index is 0.463. The number of benzene rings is 2. The molecule has 0 fully saturated rings. The molecule has 10 heteroatoms. The van der Waals surface area contributed by atoms with Crippen molar-refractivity contribution >= 4 is 28.8 Å². The van der Waals surface area contributed by atoms with Crippen LogP contribution in [-0.2, 0) is 6.18 Å². The largest absolute Gasteiger partial charge is 0.439 e. The van der Waals surface area contributed by atoms with Crippen molar-refractivity contribution in [1.82, 2.24) is 15.6 Å². The van der Waals surface area contributed by atoms with Gasteiger partial charge in [0.05, 0.1) is 11.1 Å². The van der Waals surface area contributed by atoms with Crippen molar-refractivity contribution in [2.75, 3.05) is 32.6 Å². The maximum atomic E-state index is 12.1. The fourth-order valence-electron chi connectivity index (χ4n) is 3.12. The summed E-state index contributed by atoms with van der Waals surface area (Å²) in [5, 5.41) is 9.68. The maximum Gasteiger partial charge on any atom is 0.416 e. The number of fused-ring (bicyclic) bond motifs is 1. The molecule has 1 aliphatic rings. The van der Waals surface area contributed by atoms with Crippen molar-refractivity contribution in [1.29, 1.82) is 0 Å². The van der Waals surface area contributed by atoms with Gasteiger partial charge in [0.1, 0.15) is 12.4 Å². The van der Waals surface area contributed by atoms with Gasteiger partial charge in [-0.3, -0.25) is 9.78 Å². The first-order chi connectivity index (χ1) is 16.3. The van der Waals surface area contributed by atoms with Gasteiger partial charge in [-0.05, 0) is 43.4 Å². The van der Waals surface area contributed by atoms with Gasteiger partial charge in [-0.25, -0.2) is 4.99 Å². The highest BCUT2D eigenvalue weighted by Crippen LogP contribution is 2.30. The molecule has 1 aliphatic heterocycles. The summed E-state index contributed by atoms with van der Waals surface area (Å²) in [5.74, 6) is 1.19. The fraction of sp³-hybridized carbons (Fsp3) is 0.208. The summed E-state index contributed by atoms with van der Waals surface area (Å²) >= 11 is 0. The first-order valence-corrected chi connectivity index (χ1v) is 10.3. The number of ether oxygens (including phenoxy) is 1. The van der Waals surface area contributed by atoms with E-state index in [1.807, 2.05) is 25.3 Å². The normalized spacial score (nSPS) is 13.1. The number of rotatable bonds is 5. The average molecular weight is 471 g/mol. The van der Waals surface area contributed by atoms with Gasteiger partial charge in [-0.1, -0.05) is 6.07 Å². The van der Waals surface area contributed by atoms with Crippen LogP contribution in [-0.4, -0.2) is 44.5 Å². The molecule has 1 aromatic heterocycles. The van der Waals surface area contributed by atoms with Gasteiger partial charge in [0.25, 0.3) is 0 Å². The molecule has 0 radical (unpaired) electrons. The standard InChI is InChI=1S/C16H16N4O2.C8H8F3N/c1-17-8-12-6-16(20-10-19-12)22-13-2-3-14-11(9-21)4-5-18-15(14)7-13;1-12-7-4-2-3-6(5-7)8(9,10)11/h2-7,9,17,19H,8,10H2,1H3;2-5,12H,1H3. The molecule has 7 nitrogen and oxygen atoms in total. The lowest BCUT2D eigenvalue weighted by Crippen LogP contribution is -2.28. The van der Waals surface area contributed by atoms with Crippen LogP contribution >= 0.6 is 0 Å². The second-order valence-corrected chi connectivity index (χ2v) is 7.16. The van der Waals surface area contributed by atoms with Crippen molar-refractivity contribution in [3.63, 3.8) is 0 Å². The smallest absolute Gasteiger partial charge is 0.416 e. The van der Waals surface area contributed by atoms with E-state index in [0.29, 0.717) is 29.6 Å². The number of alkyl halides is 3. The number of aldehydes is 1. The molecule has 2 heterocycles. The molecule has 178 valence electrons. The number of carbonyl (C=O) groups is 1. The van der Waals surface area contributed by atoms with Crippen LogP contribution in [0.15, 0.2) is 71.5 Å². The quantitative estimate of drug-likeness (QED) is 0.483. The number of likely N-dealkylation sites (N-methyl/N-ethyl adjacent to an activating group) is 1. The maximum absolute atomic E-state index is 12.1. The van der Waals surface area contributed by atoms with Crippen molar-refractivity contribution < 1.29 is 22.7 Å². The first kappa shape index (κ1) is 24.7. The highest BCUT2D eigenvalue weighted by Gasteiger charge is 2.30. The number of nitrogens with one attached hydrogen (secondary N) is 3. The van der Waals surface area contributed by atoms with Crippen LogP contribution in [0.5, 0.6) is 5.75 Å². The molecule has 0 saturated carbocycles. The van der Waals surface area contributed by atoms with E-state index >= 15 is 0 Å². The summed E-state index contributed by atoms with van der Waals surface area (Å²) in [6.45, 7) is 1.22. The average Bonchev–Trinajstić information content (AvgIpc) is 2.84. The highest BCUT2D eigenvalue weighted by atomic mass is 19.4. The summed E-state index contributed by atoms with van der Waals surface area (Å²) in [6, 6.07) is 12.2. The summed E-state index contributed by atoms with van der Waals surface area (Å²) in [5.41, 5.74) is 2.19. The molecular weight excluding hydrogens is 447 g/mol. The SMILES string of the molecule is CNCC1=CC(Oc2ccc3c(C=O)ccnc3c2)=NCN1.CNc1cccc(C(F)(F)F)c1. The predicted molar refractivity (Wildman–Crippen MR) is 126 cm³/mol. The van der Waals surface area contributed by atoms with Gasteiger partial charge in [-0.2, -0.15) is 13.2 Å². The lowest BCUT2D eigenvalue weighted by molar-refractivity contribution is -0.137. The Morgan fingerprint density at radius 3 is 2.68 bits per heavy atom. The van der Waals surface area contributed by atoms with Crippen LogP contribution in [0.3, 0.4) is 0 Å². The third-order valence-electron chi connectivity index (χ3n) is 4.78. The van der Waals surface area contributed by atoms with Gasteiger partial charge in [-0.15, -0.1) is 0 Å². The number of halogens is 3. The van der Waals surface area contributed by atoms with Crippen LogP contribution in [0.2, 0.25) is 0 Å². The van der Waals surface area contributed by atoms with E-state index in [1.54, 1.807) is 31.4 Å². The van der Waals surface area contributed by atoms with E-state index in [2.05, 4.69) is 25.9 Å². The van der Waals surface area contributed by atoms with Gasteiger partial charge in [0.15, 0.2) is 6.29 Å². The van der Waals surface area contributed by atoms with Crippen LogP contribution in [0.25, 0.3) is 10.9 Å². The first-order valence-electron chi connectivity index (χ1n) is 10.3. The Labute approximate surface area is 194 Å². The molecule has 0 atom stereocenters. The summed E-state index contributed by atoms with van der Waals surface area (Å²) in [4.78, 5) is 19.6. The Bertz CT molecular complexity index is 1210. The molecule has 0 unspecified atom stereocenters. The van der Waals surface area contributed by atoms with Crippen LogP contribution in [0.1, 0.15) is 15.9 Å². The van der Waals surface area contributed by atoms with Crippen molar-refractivity contribution in [3.05, 3.63) is 77.6 Å². The Kier molecular flexibility index (Phi) is 8.20. The zero-order chi connectivity index (χ0) is 24.6. The Balaban J connectivity index is 0.000000229.